The maximum absolute atomic E-state index is 5.40. The fourth-order valence-electron chi connectivity index (χ4n) is 3.12. The van der Waals surface area contributed by atoms with E-state index in [1.807, 2.05) is 19.0 Å². The minimum Gasteiger partial charge on any atom is -0.360 e. The van der Waals surface area contributed by atoms with Crippen molar-refractivity contribution in [3.63, 3.8) is 0 Å². The van der Waals surface area contributed by atoms with E-state index in [-0.39, 0.29) is 0 Å². The summed E-state index contributed by atoms with van der Waals surface area (Å²) in [4.78, 5) is 17.9. The van der Waals surface area contributed by atoms with Gasteiger partial charge in [0.2, 0.25) is 5.89 Å². The first-order chi connectivity index (χ1) is 11.2. The first-order valence-corrected chi connectivity index (χ1v) is 8.29. The highest BCUT2D eigenvalue weighted by molar-refractivity contribution is 5.61. The van der Waals surface area contributed by atoms with Gasteiger partial charge in [0, 0.05) is 51.4 Å². The predicted molar refractivity (Wildman–Crippen MR) is 86.8 cm³/mol. The fourth-order valence-corrected chi connectivity index (χ4v) is 3.12. The summed E-state index contributed by atoms with van der Waals surface area (Å²) in [5, 5.41) is 4.20. The molecular weight excluding hydrogens is 292 g/mol. The summed E-state index contributed by atoms with van der Waals surface area (Å²) in [6.07, 6.45) is 7.93. The van der Waals surface area contributed by atoms with Crippen LogP contribution in [0.1, 0.15) is 49.2 Å². The average molecular weight is 314 g/mol. The first-order valence-electron chi connectivity index (χ1n) is 8.29. The Kier molecular flexibility index (Phi) is 3.63. The highest BCUT2D eigenvalue weighted by Crippen LogP contribution is 2.40. The Hall–Kier alpha value is -2.18. The van der Waals surface area contributed by atoms with Gasteiger partial charge >= 0.3 is 0 Å². The van der Waals surface area contributed by atoms with Crippen LogP contribution in [0, 0.1) is 0 Å². The Labute approximate surface area is 135 Å². The molecule has 1 aliphatic carbocycles. The largest absolute Gasteiger partial charge is 0.360 e. The second-order valence-corrected chi connectivity index (χ2v) is 6.62. The second kappa shape index (κ2) is 5.79. The Balaban J connectivity index is 1.44. The molecule has 3 heterocycles. The van der Waals surface area contributed by atoms with E-state index in [9.17, 15) is 0 Å². The van der Waals surface area contributed by atoms with Gasteiger partial charge in [-0.2, -0.15) is 4.98 Å². The van der Waals surface area contributed by atoms with Gasteiger partial charge in [0.1, 0.15) is 0 Å². The Morgan fingerprint density at radius 3 is 2.48 bits per heavy atom. The van der Waals surface area contributed by atoms with Crippen molar-refractivity contribution in [2.24, 2.45) is 0 Å². The molecule has 0 bridgehead atoms. The molecule has 2 aromatic heterocycles. The zero-order chi connectivity index (χ0) is 15.8. The normalized spacial score (nSPS) is 19.1. The van der Waals surface area contributed by atoms with Crippen molar-refractivity contribution < 1.29 is 4.52 Å². The number of nitrogens with zero attached hydrogens (tertiary/aromatic N) is 6. The van der Waals surface area contributed by atoms with Gasteiger partial charge in [0.25, 0.3) is 0 Å². The molecule has 0 atom stereocenters. The number of rotatable bonds is 4. The van der Waals surface area contributed by atoms with Crippen LogP contribution in [0.4, 0.5) is 11.6 Å². The Bertz CT molecular complexity index is 673. The topological polar surface area (TPSA) is 71.2 Å². The molecule has 23 heavy (non-hydrogen) atoms. The van der Waals surface area contributed by atoms with Gasteiger partial charge in [-0.05, 0) is 25.7 Å². The lowest BCUT2D eigenvalue weighted by Gasteiger charge is -2.33. The zero-order valence-corrected chi connectivity index (χ0v) is 13.6. The highest BCUT2D eigenvalue weighted by Gasteiger charge is 2.32. The molecule has 2 aliphatic rings. The van der Waals surface area contributed by atoms with Crippen molar-refractivity contribution in [1.82, 2.24) is 20.1 Å². The number of piperidine rings is 1. The predicted octanol–water partition coefficient (Wildman–Crippen LogP) is 2.19. The molecule has 0 aromatic carbocycles. The Morgan fingerprint density at radius 1 is 1.04 bits per heavy atom. The van der Waals surface area contributed by atoms with Gasteiger partial charge in [0.15, 0.2) is 17.5 Å². The van der Waals surface area contributed by atoms with E-state index < -0.39 is 0 Å². The lowest BCUT2D eigenvalue weighted by atomic mass is 9.96. The molecule has 2 aromatic rings. The molecular formula is C16H22N6O. The van der Waals surface area contributed by atoms with E-state index in [1.54, 1.807) is 12.4 Å². The standard InChI is InChI=1S/C16H22N6O/c1-21(2)14-15(18-8-7-17-14)22-9-5-11(6-10-22)13-19-16(23-20-13)12-3-4-12/h7-8,11-12H,3-6,9-10H2,1-2H3. The molecule has 0 unspecified atom stereocenters. The van der Waals surface area contributed by atoms with Crippen molar-refractivity contribution in [1.29, 1.82) is 0 Å². The van der Waals surface area contributed by atoms with Crippen molar-refractivity contribution in [2.45, 2.75) is 37.5 Å². The lowest BCUT2D eigenvalue weighted by Crippen LogP contribution is -2.35. The maximum atomic E-state index is 5.40. The van der Waals surface area contributed by atoms with Crippen LogP contribution in [-0.2, 0) is 0 Å². The van der Waals surface area contributed by atoms with E-state index in [4.69, 9.17) is 4.52 Å². The molecule has 2 fully saturated rings. The van der Waals surface area contributed by atoms with Crippen LogP contribution in [0.2, 0.25) is 0 Å². The van der Waals surface area contributed by atoms with Crippen LogP contribution >= 0.6 is 0 Å². The quantitative estimate of drug-likeness (QED) is 0.856. The molecule has 0 radical (unpaired) electrons. The van der Waals surface area contributed by atoms with Gasteiger partial charge in [0.05, 0.1) is 0 Å². The second-order valence-electron chi connectivity index (χ2n) is 6.62. The van der Waals surface area contributed by atoms with Crippen LogP contribution in [-0.4, -0.2) is 47.3 Å². The lowest BCUT2D eigenvalue weighted by molar-refractivity contribution is 0.364. The van der Waals surface area contributed by atoms with Gasteiger partial charge in [-0.1, -0.05) is 5.16 Å². The van der Waals surface area contributed by atoms with Gasteiger partial charge in [-0.3, -0.25) is 0 Å². The van der Waals surface area contributed by atoms with Crippen LogP contribution in [0.25, 0.3) is 0 Å². The SMILES string of the molecule is CN(C)c1nccnc1N1CCC(c2noc(C3CC3)n2)CC1. The summed E-state index contributed by atoms with van der Waals surface area (Å²) in [5.74, 6) is 4.52. The van der Waals surface area contributed by atoms with E-state index in [1.165, 1.54) is 12.8 Å². The number of anilines is 2. The van der Waals surface area contributed by atoms with Crippen LogP contribution in [0.5, 0.6) is 0 Å². The Morgan fingerprint density at radius 2 is 1.78 bits per heavy atom. The molecule has 122 valence electrons. The first kappa shape index (κ1) is 14.4. The molecule has 7 heteroatoms. The summed E-state index contributed by atoms with van der Waals surface area (Å²) >= 11 is 0. The molecule has 1 saturated carbocycles. The minimum absolute atomic E-state index is 0.391. The molecule has 1 aliphatic heterocycles. The van der Waals surface area contributed by atoms with E-state index >= 15 is 0 Å². The van der Waals surface area contributed by atoms with E-state index in [0.717, 1.165) is 49.3 Å². The van der Waals surface area contributed by atoms with Gasteiger partial charge in [-0.25, -0.2) is 9.97 Å². The number of hydrogen-bond donors (Lipinski definition) is 0. The summed E-state index contributed by atoms with van der Waals surface area (Å²) in [7, 11) is 4.00. The van der Waals surface area contributed by atoms with Gasteiger partial charge < -0.3 is 14.3 Å². The monoisotopic (exact) mass is 314 g/mol. The smallest absolute Gasteiger partial charge is 0.229 e. The molecule has 0 spiro atoms. The van der Waals surface area contributed by atoms with Crippen molar-refractivity contribution in [3.8, 4) is 0 Å². The average Bonchev–Trinajstić information content (AvgIpc) is 3.32. The summed E-state index contributed by atoms with van der Waals surface area (Å²) < 4.78 is 5.40. The van der Waals surface area contributed by atoms with E-state index in [0.29, 0.717) is 11.8 Å². The minimum atomic E-state index is 0.391. The molecule has 0 amide bonds. The third-order valence-corrected chi connectivity index (χ3v) is 4.63. The van der Waals surface area contributed by atoms with Gasteiger partial charge in [-0.15, -0.1) is 0 Å². The number of aromatic nitrogens is 4. The molecule has 4 rings (SSSR count). The third kappa shape index (κ3) is 2.87. The van der Waals surface area contributed by atoms with E-state index in [2.05, 4.69) is 25.0 Å². The van der Waals surface area contributed by atoms with Crippen LogP contribution in [0.3, 0.4) is 0 Å². The highest BCUT2D eigenvalue weighted by atomic mass is 16.5. The fraction of sp³-hybridized carbons (Fsp3) is 0.625. The summed E-state index contributed by atoms with van der Waals surface area (Å²) in [5.41, 5.74) is 0. The molecule has 0 N–H and O–H groups in total. The summed E-state index contributed by atoms with van der Waals surface area (Å²) in [6, 6.07) is 0. The van der Waals surface area contributed by atoms with Crippen LogP contribution < -0.4 is 9.80 Å². The van der Waals surface area contributed by atoms with Crippen molar-refractivity contribution in [2.75, 3.05) is 37.0 Å². The van der Waals surface area contributed by atoms with Crippen LogP contribution in [0.15, 0.2) is 16.9 Å². The summed E-state index contributed by atoms with van der Waals surface area (Å²) in [6.45, 7) is 1.88. The molecule has 1 saturated heterocycles. The zero-order valence-electron chi connectivity index (χ0n) is 13.6. The maximum Gasteiger partial charge on any atom is 0.229 e. The number of hydrogen-bond acceptors (Lipinski definition) is 7. The van der Waals surface area contributed by atoms with Crippen molar-refractivity contribution in [3.05, 3.63) is 24.1 Å². The van der Waals surface area contributed by atoms with Crippen molar-refractivity contribution >= 4 is 11.6 Å². The third-order valence-electron chi connectivity index (χ3n) is 4.63. The molecule has 7 nitrogen and oxygen atoms in total.